The van der Waals surface area contributed by atoms with Gasteiger partial charge in [0.2, 0.25) is 0 Å². The minimum atomic E-state index is -0.562. The van der Waals surface area contributed by atoms with Crippen LogP contribution in [-0.4, -0.2) is 16.7 Å². The van der Waals surface area contributed by atoms with Gasteiger partial charge >= 0.3 is 0 Å². The molecule has 1 aromatic heterocycles. The van der Waals surface area contributed by atoms with Crippen molar-refractivity contribution in [3.05, 3.63) is 53.1 Å². The van der Waals surface area contributed by atoms with Crippen molar-refractivity contribution in [1.82, 2.24) is 9.55 Å². The van der Waals surface area contributed by atoms with E-state index in [2.05, 4.69) is 4.98 Å². The van der Waals surface area contributed by atoms with Gasteiger partial charge < -0.3 is 15.0 Å². The molecule has 2 aromatic rings. The number of nitrogens with zero attached hydrogens (tertiary/aromatic N) is 2. The Morgan fingerprint density at radius 1 is 1.25 bits per heavy atom. The van der Waals surface area contributed by atoms with Crippen molar-refractivity contribution < 1.29 is 13.5 Å². The molecule has 24 heavy (non-hydrogen) atoms. The van der Waals surface area contributed by atoms with E-state index in [1.54, 1.807) is 13.3 Å². The van der Waals surface area contributed by atoms with Crippen molar-refractivity contribution in [1.29, 1.82) is 0 Å². The first kappa shape index (κ1) is 17.0. The third-order valence-corrected chi connectivity index (χ3v) is 4.98. The van der Waals surface area contributed by atoms with Crippen molar-refractivity contribution in [2.24, 2.45) is 5.73 Å². The average molecular weight is 335 g/mol. The van der Waals surface area contributed by atoms with Crippen LogP contribution in [0.2, 0.25) is 0 Å². The van der Waals surface area contributed by atoms with Gasteiger partial charge in [-0.15, -0.1) is 0 Å². The highest BCUT2D eigenvalue weighted by Gasteiger charge is 2.33. The molecule has 0 fully saturated rings. The highest BCUT2D eigenvalue weighted by atomic mass is 19.1. The standard InChI is InChI=1S/C18H23F2N3O/c1-18(2,24-3)15-9-22-17-14(21)8-7-11(10-23(15)17)16-12(19)5-4-6-13(16)20/h4-6,9,11,14H,7-8,10,21H2,1-3H3/t11-,14-/m1/s1. The van der Waals surface area contributed by atoms with E-state index in [4.69, 9.17) is 10.5 Å². The number of ether oxygens (including phenoxy) is 1. The summed E-state index contributed by atoms with van der Waals surface area (Å²) in [6.07, 6.45) is 2.98. The molecule has 0 aliphatic carbocycles. The van der Waals surface area contributed by atoms with Crippen molar-refractivity contribution in [3.63, 3.8) is 0 Å². The second-order valence-electron chi connectivity index (χ2n) is 6.84. The summed E-state index contributed by atoms with van der Waals surface area (Å²) in [5.74, 6) is -0.567. The van der Waals surface area contributed by atoms with E-state index in [0.29, 0.717) is 19.4 Å². The number of methoxy groups -OCH3 is 1. The summed E-state index contributed by atoms with van der Waals surface area (Å²) in [6, 6.07) is 3.74. The average Bonchev–Trinajstić information content (AvgIpc) is 2.89. The number of nitrogens with two attached hydrogens (primary N) is 1. The maximum atomic E-state index is 14.2. The number of halogens is 2. The maximum absolute atomic E-state index is 14.2. The highest BCUT2D eigenvalue weighted by molar-refractivity contribution is 5.26. The normalized spacial score (nSPS) is 21.4. The van der Waals surface area contributed by atoms with Gasteiger partial charge in [0.15, 0.2) is 0 Å². The molecule has 1 aliphatic heterocycles. The fourth-order valence-corrected chi connectivity index (χ4v) is 3.42. The molecule has 0 spiro atoms. The van der Waals surface area contributed by atoms with E-state index in [-0.39, 0.29) is 17.5 Å². The zero-order chi connectivity index (χ0) is 17.5. The van der Waals surface area contributed by atoms with Gasteiger partial charge in [0.1, 0.15) is 23.1 Å². The van der Waals surface area contributed by atoms with Gasteiger partial charge in [-0.3, -0.25) is 0 Å². The SMILES string of the molecule is COC(C)(C)c1cnc2n1C[C@H](c1c(F)cccc1F)CC[C@H]2N. The second kappa shape index (κ2) is 6.26. The number of benzene rings is 1. The molecule has 0 radical (unpaired) electrons. The van der Waals surface area contributed by atoms with Crippen LogP contribution in [0.25, 0.3) is 0 Å². The Hall–Kier alpha value is -1.79. The topological polar surface area (TPSA) is 53.1 Å². The van der Waals surface area contributed by atoms with Crippen LogP contribution in [0, 0.1) is 11.6 Å². The summed E-state index contributed by atoms with van der Waals surface area (Å²) >= 11 is 0. The van der Waals surface area contributed by atoms with Gasteiger partial charge in [-0.25, -0.2) is 13.8 Å². The van der Waals surface area contributed by atoms with E-state index < -0.39 is 17.2 Å². The molecule has 0 saturated heterocycles. The zero-order valence-electron chi connectivity index (χ0n) is 14.2. The van der Waals surface area contributed by atoms with Gasteiger partial charge in [-0.2, -0.15) is 0 Å². The summed E-state index contributed by atoms with van der Waals surface area (Å²) in [5, 5.41) is 0. The molecular weight excluding hydrogens is 312 g/mol. The predicted molar refractivity (Wildman–Crippen MR) is 87.5 cm³/mol. The second-order valence-corrected chi connectivity index (χ2v) is 6.84. The minimum Gasteiger partial charge on any atom is -0.373 e. The predicted octanol–water partition coefficient (Wildman–Crippen LogP) is 3.62. The summed E-state index contributed by atoms with van der Waals surface area (Å²) in [6.45, 7) is 4.31. The fraction of sp³-hybridized carbons (Fsp3) is 0.500. The molecule has 1 aromatic carbocycles. The lowest BCUT2D eigenvalue weighted by molar-refractivity contribution is 0.0120. The van der Waals surface area contributed by atoms with E-state index in [1.165, 1.54) is 18.2 Å². The van der Waals surface area contributed by atoms with Gasteiger partial charge in [-0.05, 0) is 38.8 Å². The van der Waals surface area contributed by atoms with Crippen LogP contribution in [0.5, 0.6) is 0 Å². The van der Waals surface area contributed by atoms with Crippen molar-refractivity contribution in [2.75, 3.05) is 7.11 Å². The molecule has 4 nitrogen and oxygen atoms in total. The number of hydrogen-bond acceptors (Lipinski definition) is 3. The largest absolute Gasteiger partial charge is 0.373 e. The first-order valence-corrected chi connectivity index (χ1v) is 8.15. The lowest BCUT2D eigenvalue weighted by Gasteiger charge is -2.26. The molecule has 2 heterocycles. The number of hydrogen-bond donors (Lipinski definition) is 1. The fourth-order valence-electron chi connectivity index (χ4n) is 3.42. The number of rotatable bonds is 3. The molecular formula is C18H23F2N3O. The van der Waals surface area contributed by atoms with E-state index in [9.17, 15) is 8.78 Å². The Morgan fingerprint density at radius 3 is 2.54 bits per heavy atom. The number of imidazole rings is 1. The Morgan fingerprint density at radius 2 is 1.92 bits per heavy atom. The Kier molecular flexibility index (Phi) is 4.44. The smallest absolute Gasteiger partial charge is 0.129 e. The third kappa shape index (κ3) is 2.84. The molecule has 130 valence electrons. The summed E-state index contributed by atoms with van der Waals surface area (Å²) in [4.78, 5) is 4.46. The molecule has 6 heteroatoms. The molecule has 2 atom stereocenters. The summed E-state index contributed by atoms with van der Waals surface area (Å²) < 4.78 is 36.0. The van der Waals surface area contributed by atoms with Crippen LogP contribution in [-0.2, 0) is 16.9 Å². The first-order valence-electron chi connectivity index (χ1n) is 8.15. The van der Waals surface area contributed by atoms with E-state index in [1.807, 2.05) is 18.4 Å². The zero-order valence-corrected chi connectivity index (χ0v) is 14.2. The number of aromatic nitrogens is 2. The molecule has 0 amide bonds. The van der Waals surface area contributed by atoms with Gasteiger partial charge in [-0.1, -0.05) is 6.07 Å². The monoisotopic (exact) mass is 335 g/mol. The number of fused-ring (bicyclic) bond motifs is 1. The molecule has 2 N–H and O–H groups in total. The minimum absolute atomic E-state index is 0.132. The van der Waals surface area contributed by atoms with Crippen LogP contribution in [0.15, 0.2) is 24.4 Å². The van der Waals surface area contributed by atoms with Crippen LogP contribution in [0.4, 0.5) is 8.78 Å². The molecule has 3 rings (SSSR count). The molecule has 0 unspecified atom stereocenters. The van der Waals surface area contributed by atoms with E-state index >= 15 is 0 Å². The maximum Gasteiger partial charge on any atom is 0.129 e. The van der Waals surface area contributed by atoms with Crippen LogP contribution in [0.3, 0.4) is 0 Å². The Bertz CT molecular complexity index is 722. The van der Waals surface area contributed by atoms with Crippen molar-refractivity contribution in [2.45, 2.75) is 50.8 Å². The quantitative estimate of drug-likeness (QED) is 0.932. The van der Waals surface area contributed by atoms with Crippen LogP contribution >= 0.6 is 0 Å². The summed E-state index contributed by atoms with van der Waals surface area (Å²) in [5.41, 5.74) is 6.68. The van der Waals surface area contributed by atoms with Crippen LogP contribution in [0.1, 0.15) is 55.7 Å². The van der Waals surface area contributed by atoms with Crippen molar-refractivity contribution >= 4 is 0 Å². The van der Waals surface area contributed by atoms with Gasteiger partial charge in [0.05, 0.1) is 17.9 Å². The molecule has 1 aliphatic rings. The lowest BCUT2D eigenvalue weighted by Crippen LogP contribution is -2.26. The van der Waals surface area contributed by atoms with Crippen molar-refractivity contribution in [3.8, 4) is 0 Å². The van der Waals surface area contributed by atoms with Gasteiger partial charge in [0.25, 0.3) is 0 Å². The van der Waals surface area contributed by atoms with Gasteiger partial charge in [0, 0.05) is 25.1 Å². The van der Waals surface area contributed by atoms with E-state index in [0.717, 1.165) is 11.5 Å². The highest BCUT2D eigenvalue weighted by Crippen LogP contribution is 2.37. The molecule has 0 bridgehead atoms. The Balaban J connectivity index is 2.07. The Labute approximate surface area is 140 Å². The van der Waals surface area contributed by atoms with Crippen LogP contribution < -0.4 is 5.73 Å². The summed E-state index contributed by atoms with van der Waals surface area (Å²) in [7, 11) is 1.63. The lowest BCUT2D eigenvalue weighted by atomic mass is 9.92. The molecule has 0 saturated carbocycles. The third-order valence-electron chi connectivity index (χ3n) is 4.98. The first-order chi connectivity index (χ1) is 11.3.